The Labute approximate surface area is 179 Å². The molecule has 1 atom stereocenters. The topological polar surface area (TPSA) is 49.4 Å². The van der Waals surface area contributed by atoms with E-state index in [0.29, 0.717) is 30.5 Å². The normalized spacial score (nSPS) is 11.9. The molecule has 0 spiro atoms. The third-order valence-corrected chi connectivity index (χ3v) is 5.03. The van der Waals surface area contributed by atoms with Crippen molar-refractivity contribution in [2.75, 3.05) is 6.54 Å². The average Bonchev–Trinajstić information content (AvgIpc) is 2.67. The van der Waals surface area contributed by atoms with Gasteiger partial charge in [0.2, 0.25) is 11.8 Å². The van der Waals surface area contributed by atoms with Gasteiger partial charge in [0.25, 0.3) is 0 Å². The van der Waals surface area contributed by atoms with E-state index in [2.05, 4.69) is 19.2 Å². The minimum absolute atomic E-state index is 0.0582. The second-order valence-corrected chi connectivity index (χ2v) is 8.31. The first kappa shape index (κ1) is 23.0. The van der Waals surface area contributed by atoms with Crippen molar-refractivity contribution in [1.29, 1.82) is 0 Å². The van der Waals surface area contributed by atoms with Crippen molar-refractivity contribution in [3.8, 4) is 0 Å². The first-order chi connectivity index (χ1) is 13.8. The number of benzene rings is 2. The van der Waals surface area contributed by atoms with Gasteiger partial charge in [0.1, 0.15) is 6.04 Å². The minimum atomic E-state index is -0.512. The van der Waals surface area contributed by atoms with Gasteiger partial charge >= 0.3 is 0 Å². The molecule has 2 rings (SSSR count). The van der Waals surface area contributed by atoms with Crippen molar-refractivity contribution >= 4 is 23.4 Å². The Balaban J connectivity index is 2.25. The summed E-state index contributed by atoms with van der Waals surface area (Å²) in [5, 5.41) is 3.63. The minimum Gasteiger partial charge on any atom is -0.354 e. The van der Waals surface area contributed by atoms with Gasteiger partial charge in [-0.2, -0.15) is 0 Å². The fourth-order valence-electron chi connectivity index (χ4n) is 3.23. The van der Waals surface area contributed by atoms with E-state index in [-0.39, 0.29) is 18.2 Å². The van der Waals surface area contributed by atoms with Gasteiger partial charge in [0, 0.05) is 18.1 Å². The molecular formula is C24H31ClN2O2. The second-order valence-electron chi connectivity index (χ2n) is 7.88. The van der Waals surface area contributed by atoms with Crippen LogP contribution in [0.4, 0.5) is 0 Å². The number of hydrogen-bond donors (Lipinski definition) is 1. The zero-order chi connectivity index (χ0) is 21.4. The maximum absolute atomic E-state index is 13.3. The van der Waals surface area contributed by atoms with Gasteiger partial charge in [-0.1, -0.05) is 74.3 Å². The molecule has 2 amide bonds. The van der Waals surface area contributed by atoms with Crippen LogP contribution in [0.25, 0.3) is 0 Å². The standard InChI is InChI=1S/C24H31ClN2O2/c1-5-22(24(29)26-15-17(2)3)27(16-19-9-11-21(25)12-10-19)23(28)14-20-8-6-7-18(4)13-20/h6-13,17,22H,5,14-16H2,1-4H3,(H,26,29). The first-order valence-electron chi connectivity index (χ1n) is 10.2. The van der Waals surface area contributed by atoms with Crippen molar-refractivity contribution in [2.45, 2.75) is 53.1 Å². The summed E-state index contributed by atoms with van der Waals surface area (Å²) in [4.78, 5) is 27.8. The third-order valence-electron chi connectivity index (χ3n) is 4.77. The van der Waals surface area contributed by atoms with Crippen LogP contribution < -0.4 is 5.32 Å². The largest absolute Gasteiger partial charge is 0.354 e. The molecule has 1 unspecified atom stereocenters. The summed E-state index contributed by atoms with van der Waals surface area (Å²) in [6.45, 7) is 9.01. The lowest BCUT2D eigenvalue weighted by Crippen LogP contribution is -2.50. The molecule has 1 N–H and O–H groups in total. The van der Waals surface area contributed by atoms with Crippen LogP contribution >= 0.6 is 11.6 Å². The fourth-order valence-corrected chi connectivity index (χ4v) is 3.35. The zero-order valence-corrected chi connectivity index (χ0v) is 18.5. The molecule has 0 saturated carbocycles. The number of nitrogens with zero attached hydrogens (tertiary/aromatic N) is 1. The molecule has 0 aliphatic carbocycles. The molecule has 4 nitrogen and oxygen atoms in total. The molecular weight excluding hydrogens is 384 g/mol. The van der Waals surface area contributed by atoms with Crippen molar-refractivity contribution in [3.63, 3.8) is 0 Å². The van der Waals surface area contributed by atoms with Crippen LogP contribution in [-0.4, -0.2) is 29.3 Å². The Morgan fingerprint density at radius 2 is 1.76 bits per heavy atom. The molecule has 0 radical (unpaired) electrons. The Morgan fingerprint density at radius 3 is 2.34 bits per heavy atom. The second kappa shape index (κ2) is 11.0. The molecule has 0 heterocycles. The van der Waals surface area contributed by atoms with Gasteiger partial charge in [-0.25, -0.2) is 0 Å². The van der Waals surface area contributed by atoms with E-state index in [4.69, 9.17) is 11.6 Å². The van der Waals surface area contributed by atoms with Crippen LogP contribution in [0.1, 0.15) is 43.9 Å². The van der Waals surface area contributed by atoms with Crippen LogP contribution in [0.15, 0.2) is 48.5 Å². The highest BCUT2D eigenvalue weighted by molar-refractivity contribution is 6.30. The predicted molar refractivity (Wildman–Crippen MR) is 119 cm³/mol. The highest BCUT2D eigenvalue weighted by atomic mass is 35.5. The summed E-state index contributed by atoms with van der Waals surface area (Å²) in [5.41, 5.74) is 3.01. The number of nitrogens with one attached hydrogen (secondary N) is 1. The third kappa shape index (κ3) is 7.21. The number of amides is 2. The smallest absolute Gasteiger partial charge is 0.242 e. The molecule has 0 aromatic heterocycles. The lowest BCUT2D eigenvalue weighted by atomic mass is 10.0. The van der Waals surface area contributed by atoms with Crippen LogP contribution in [0.5, 0.6) is 0 Å². The molecule has 0 aliphatic heterocycles. The van der Waals surface area contributed by atoms with E-state index in [1.54, 1.807) is 17.0 Å². The van der Waals surface area contributed by atoms with E-state index >= 15 is 0 Å². The highest BCUT2D eigenvalue weighted by Gasteiger charge is 2.28. The molecule has 29 heavy (non-hydrogen) atoms. The van der Waals surface area contributed by atoms with E-state index in [1.807, 2.05) is 50.2 Å². The highest BCUT2D eigenvalue weighted by Crippen LogP contribution is 2.17. The van der Waals surface area contributed by atoms with Crippen LogP contribution in [-0.2, 0) is 22.6 Å². The molecule has 0 fully saturated rings. The average molecular weight is 415 g/mol. The SMILES string of the molecule is CCC(C(=O)NCC(C)C)N(Cc1ccc(Cl)cc1)C(=O)Cc1cccc(C)c1. The molecule has 0 aliphatic rings. The Morgan fingerprint density at radius 1 is 1.07 bits per heavy atom. The Kier molecular flexibility index (Phi) is 8.71. The van der Waals surface area contributed by atoms with E-state index in [9.17, 15) is 9.59 Å². The summed E-state index contributed by atoms with van der Waals surface area (Å²) >= 11 is 6.00. The van der Waals surface area contributed by atoms with Crippen molar-refractivity contribution in [2.24, 2.45) is 5.92 Å². The van der Waals surface area contributed by atoms with Gasteiger partial charge in [-0.05, 0) is 42.5 Å². The monoisotopic (exact) mass is 414 g/mol. The number of carbonyl (C=O) groups excluding carboxylic acids is 2. The Bertz CT molecular complexity index is 818. The number of aryl methyl sites for hydroxylation is 1. The van der Waals surface area contributed by atoms with Gasteiger partial charge < -0.3 is 10.2 Å². The van der Waals surface area contributed by atoms with Crippen molar-refractivity contribution in [1.82, 2.24) is 10.2 Å². The van der Waals surface area contributed by atoms with E-state index in [0.717, 1.165) is 16.7 Å². The predicted octanol–water partition coefficient (Wildman–Crippen LogP) is 4.77. The van der Waals surface area contributed by atoms with E-state index in [1.165, 1.54) is 0 Å². The molecule has 0 saturated heterocycles. The van der Waals surface area contributed by atoms with Gasteiger partial charge in [-0.15, -0.1) is 0 Å². The zero-order valence-electron chi connectivity index (χ0n) is 17.7. The molecule has 156 valence electrons. The Hall–Kier alpha value is -2.33. The van der Waals surface area contributed by atoms with Gasteiger partial charge in [0.05, 0.1) is 6.42 Å². The lowest BCUT2D eigenvalue weighted by Gasteiger charge is -2.31. The van der Waals surface area contributed by atoms with Gasteiger partial charge in [-0.3, -0.25) is 9.59 Å². The number of hydrogen-bond acceptors (Lipinski definition) is 2. The number of halogens is 1. The van der Waals surface area contributed by atoms with Gasteiger partial charge in [0.15, 0.2) is 0 Å². The lowest BCUT2D eigenvalue weighted by molar-refractivity contribution is -0.141. The van der Waals surface area contributed by atoms with Crippen LogP contribution in [0.2, 0.25) is 5.02 Å². The molecule has 0 bridgehead atoms. The summed E-state index contributed by atoms with van der Waals surface area (Å²) in [7, 11) is 0. The number of carbonyl (C=O) groups is 2. The van der Waals surface area contributed by atoms with Crippen LogP contribution in [0, 0.1) is 12.8 Å². The van der Waals surface area contributed by atoms with E-state index < -0.39 is 6.04 Å². The quantitative estimate of drug-likeness (QED) is 0.642. The van der Waals surface area contributed by atoms with Crippen molar-refractivity contribution < 1.29 is 9.59 Å². The first-order valence-corrected chi connectivity index (χ1v) is 10.5. The maximum Gasteiger partial charge on any atom is 0.242 e. The fraction of sp³-hybridized carbons (Fsp3) is 0.417. The summed E-state index contributed by atoms with van der Waals surface area (Å²) < 4.78 is 0. The summed E-state index contributed by atoms with van der Waals surface area (Å²) in [6, 6.07) is 14.8. The summed E-state index contributed by atoms with van der Waals surface area (Å²) in [5.74, 6) is 0.189. The summed E-state index contributed by atoms with van der Waals surface area (Å²) in [6.07, 6.45) is 0.820. The molecule has 2 aromatic carbocycles. The molecule has 5 heteroatoms. The molecule has 2 aromatic rings. The number of rotatable bonds is 9. The maximum atomic E-state index is 13.3. The van der Waals surface area contributed by atoms with Crippen molar-refractivity contribution in [3.05, 3.63) is 70.2 Å². The van der Waals surface area contributed by atoms with Crippen LogP contribution in [0.3, 0.4) is 0 Å².